The minimum atomic E-state index is -0.775. The predicted octanol–water partition coefficient (Wildman–Crippen LogP) is 5.15. The van der Waals surface area contributed by atoms with Crippen molar-refractivity contribution in [2.75, 3.05) is 11.9 Å². The minimum absolute atomic E-state index is 0.0201. The van der Waals surface area contributed by atoms with Crippen molar-refractivity contribution in [2.45, 2.75) is 18.9 Å². The number of nitrogens with one attached hydrogen (secondary N) is 1. The van der Waals surface area contributed by atoms with E-state index < -0.39 is 17.7 Å². The summed E-state index contributed by atoms with van der Waals surface area (Å²) in [6.45, 7) is 0.535. The number of likely N-dealkylation sites (tertiary alicyclic amines) is 1. The second kappa shape index (κ2) is 7.67. The fourth-order valence-electron chi connectivity index (χ4n) is 3.18. The highest BCUT2D eigenvalue weighted by Gasteiger charge is 2.34. The summed E-state index contributed by atoms with van der Waals surface area (Å²) in [5, 5.41) is 6.64. The first-order valence-corrected chi connectivity index (χ1v) is 9.43. The van der Waals surface area contributed by atoms with Gasteiger partial charge in [-0.15, -0.1) is 0 Å². The molecule has 1 N–H and O–H groups in total. The zero-order chi connectivity index (χ0) is 19.7. The Morgan fingerprint density at radius 3 is 2.89 bits per heavy atom. The highest BCUT2D eigenvalue weighted by Crippen LogP contribution is 2.33. The van der Waals surface area contributed by atoms with Gasteiger partial charge in [0.2, 0.25) is 11.7 Å². The van der Waals surface area contributed by atoms with E-state index >= 15 is 0 Å². The summed E-state index contributed by atoms with van der Waals surface area (Å²) in [5.41, 5.74) is 0.698. The molecule has 2 amide bonds. The highest BCUT2D eigenvalue weighted by atomic mass is 79.9. The van der Waals surface area contributed by atoms with Crippen molar-refractivity contribution >= 4 is 27.6 Å². The Hall–Kier alpha value is -2.81. The molecule has 4 rings (SSSR count). The molecule has 0 radical (unpaired) electrons. The molecule has 144 valence electrons. The van der Waals surface area contributed by atoms with Gasteiger partial charge in [0.1, 0.15) is 17.7 Å². The first-order chi connectivity index (χ1) is 13.5. The topological polar surface area (TPSA) is 71.3 Å². The van der Waals surface area contributed by atoms with E-state index in [1.54, 1.807) is 17.0 Å². The lowest BCUT2D eigenvalue weighted by Crippen LogP contribution is -2.34. The van der Waals surface area contributed by atoms with E-state index in [0.717, 1.165) is 23.0 Å². The van der Waals surface area contributed by atoms with Crippen LogP contribution >= 0.6 is 15.9 Å². The molecule has 1 aromatic heterocycles. The summed E-state index contributed by atoms with van der Waals surface area (Å²) in [6, 6.07) is 9.73. The Kier molecular flexibility index (Phi) is 5.08. The van der Waals surface area contributed by atoms with Crippen LogP contribution in [0.25, 0.3) is 11.4 Å². The van der Waals surface area contributed by atoms with Crippen LogP contribution in [0.3, 0.4) is 0 Å². The van der Waals surface area contributed by atoms with E-state index in [0.29, 0.717) is 18.7 Å². The molecule has 0 spiro atoms. The normalized spacial score (nSPS) is 16.4. The number of hydrogen-bond acceptors (Lipinski definition) is 4. The van der Waals surface area contributed by atoms with Crippen LogP contribution in [0.2, 0.25) is 0 Å². The van der Waals surface area contributed by atoms with Gasteiger partial charge in [0.15, 0.2) is 0 Å². The summed E-state index contributed by atoms with van der Waals surface area (Å²) in [7, 11) is 0. The number of carbonyl (C=O) groups is 1. The number of benzene rings is 2. The third-order valence-electron chi connectivity index (χ3n) is 4.49. The molecule has 0 saturated carbocycles. The maximum absolute atomic E-state index is 14.0. The van der Waals surface area contributed by atoms with Crippen molar-refractivity contribution in [3.63, 3.8) is 0 Å². The van der Waals surface area contributed by atoms with Crippen LogP contribution < -0.4 is 5.32 Å². The second-order valence-corrected chi connectivity index (χ2v) is 7.29. The summed E-state index contributed by atoms with van der Waals surface area (Å²) < 4.78 is 33.2. The van der Waals surface area contributed by atoms with Crippen molar-refractivity contribution in [1.29, 1.82) is 0 Å². The molecule has 0 aliphatic carbocycles. The van der Waals surface area contributed by atoms with Gasteiger partial charge in [0.25, 0.3) is 0 Å². The van der Waals surface area contributed by atoms with Gasteiger partial charge in [-0.1, -0.05) is 27.2 Å². The molecule has 3 aromatic rings. The second-order valence-electron chi connectivity index (χ2n) is 6.37. The van der Waals surface area contributed by atoms with E-state index in [9.17, 15) is 13.6 Å². The third-order valence-corrected chi connectivity index (χ3v) is 4.98. The number of amides is 2. The quantitative estimate of drug-likeness (QED) is 0.601. The lowest BCUT2D eigenvalue weighted by molar-refractivity contribution is 0.193. The maximum atomic E-state index is 14.0. The van der Waals surface area contributed by atoms with Gasteiger partial charge in [-0.2, -0.15) is 4.98 Å². The molecular weight excluding hydrogens is 434 g/mol. The summed E-state index contributed by atoms with van der Waals surface area (Å²) in [5.74, 6) is -1.22. The van der Waals surface area contributed by atoms with Gasteiger partial charge in [0, 0.05) is 22.8 Å². The average Bonchev–Trinajstić information content (AvgIpc) is 3.31. The van der Waals surface area contributed by atoms with Crippen molar-refractivity contribution in [1.82, 2.24) is 15.0 Å². The van der Waals surface area contributed by atoms with Crippen LogP contribution in [0.15, 0.2) is 51.5 Å². The number of rotatable bonds is 3. The van der Waals surface area contributed by atoms with Crippen LogP contribution in [0.5, 0.6) is 0 Å². The van der Waals surface area contributed by atoms with Gasteiger partial charge in [-0.25, -0.2) is 13.6 Å². The van der Waals surface area contributed by atoms with Crippen LogP contribution in [-0.4, -0.2) is 27.6 Å². The number of halogens is 3. The van der Waals surface area contributed by atoms with Crippen molar-refractivity contribution in [3.05, 3.63) is 64.5 Å². The molecule has 6 nitrogen and oxygen atoms in total. The van der Waals surface area contributed by atoms with Gasteiger partial charge >= 0.3 is 6.03 Å². The van der Waals surface area contributed by atoms with Crippen LogP contribution in [-0.2, 0) is 0 Å². The molecule has 1 fully saturated rings. The number of hydrogen-bond donors (Lipinski definition) is 1. The largest absolute Gasteiger partial charge is 0.337 e. The van der Waals surface area contributed by atoms with Crippen molar-refractivity contribution < 1.29 is 18.1 Å². The summed E-state index contributed by atoms with van der Waals surface area (Å²) >= 11 is 3.37. The SMILES string of the molecule is O=C(Nc1cccc(Br)c1)N1CCC[C@@H]1c1nc(-c2ccc(F)cc2F)no1. The Bertz CT molecular complexity index is 1030. The number of urea groups is 1. The Morgan fingerprint density at radius 1 is 1.25 bits per heavy atom. The molecule has 2 heterocycles. The Labute approximate surface area is 167 Å². The molecule has 1 aliphatic heterocycles. The Balaban J connectivity index is 1.54. The van der Waals surface area contributed by atoms with Crippen molar-refractivity contribution in [2.24, 2.45) is 0 Å². The summed E-state index contributed by atoms with van der Waals surface area (Å²) in [4.78, 5) is 18.5. The molecule has 2 aromatic carbocycles. The number of anilines is 1. The van der Waals surface area contributed by atoms with E-state index in [1.165, 1.54) is 6.07 Å². The molecular formula is C19H15BrF2N4O2. The number of carbonyl (C=O) groups excluding carboxylic acids is 1. The standard InChI is InChI=1S/C19H15BrF2N4O2/c20-11-3-1-4-13(9-11)23-19(27)26-8-2-5-16(26)18-24-17(25-28-18)14-7-6-12(21)10-15(14)22/h1,3-4,6-7,9-10,16H,2,5,8H2,(H,23,27)/t16-/m1/s1. The first kappa shape index (κ1) is 18.5. The molecule has 28 heavy (non-hydrogen) atoms. The first-order valence-electron chi connectivity index (χ1n) is 8.63. The van der Waals surface area contributed by atoms with Crippen LogP contribution in [0, 0.1) is 11.6 Å². The fourth-order valence-corrected chi connectivity index (χ4v) is 3.58. The zero-order valence-electron chi connectivity index (χ0n) is 14.5. The van der Waals surface area contributed by atoms with Gasteiger partial charge in [-0.3, -0.25) is 0 Å². The minimum Gasteiger partial charge on any atom is -0.337 e. The van der Waals surface area contributed by atoms with Gasteiger partial charge < -0.3 is 14.7 Å². The molecule has 1 aliphatic rings. The van der Waals surface area contributed by atoms with E-state index in [1.807, 2.05) is 12.1 Å². The molecule has 0 unspecified atom stereocenters. The van der Waals surface area contributed by atoms with E-state index in [4.69, 9.17) is 4.52 Å². The molecule has 1 saturated heterocycles. The monoisotopic (exact) mass is 448 g/mol. The van der Waals surface area contributed by atoms with E-state index in [-0.39, 0.29) is 23.3 Å². The number of aromatic nitrogens is 2. The predicted molar refractivity (Wildman–Crippen MR) is 101 cm³/mol. The van der Waals surface area contributed by atoms with Crippen molar-refractivity contribution in [3.8, 4) is 11.4 Å². The lowest BCUT2D eigenvalue weighted by Gasteiger charge is -2.22. The molecule has 1 atom stereocenters. The van der Waals surface area contributed by atoms with Crippen LogP contribution in [0.1, 0.15) is 24.8 Å². The highest BCUT2D eigenvalue weighted by molar-refractivity contribution is 9.10. The lowest BCUT2D eigenvalue weighted by atomic mass is 10.2. The van der Waals surface area contributed by atoms with Gasteiger partial charge in [0.05, 0.1) is 5.56 Å². The Morgan fingerprint density at radius 2 is 2.11 bits per heavy atom. The van der Waals surface area contributed by atoms with E-state index in [2.05, 4.69) is 31.4 Å². The molecule has 9 heteroatoms. The maximum Gasteiger partial charge on any atom is 0.322 e. The van der Waals surface area contributed by atoms with Crippen LogP contribution in [0.4, 0.5) is 19.3 Å². The van der Waals surface area contributed by atoms with Gasteiger partial charge in [-0.05, 0) is 43.2 Å². The smallest absolute Gasteiger partial charge is 0.322 e. The summed E-state index contributed by atoms with van der Waals surface area (Å²) in [6.07, 6.45) is 1.43. The zero-order valence-corrected chi connectivity index (χ0v) is 16.1. The molecule has 0 bridgehead atoms. The average molecular weight is 449 g/mol. The third kappa shape index (κ3) is 3.75. The number of nitrogens with zero attached hydrogens (tertiary/aromatic N) is 3. The fraction of sp³-hybridized carbons (Fsp3) is 0.211.